The number of aryl methyl sites for hydroxylation is 2. The van der Waals surface area contributed by atoms with Crippen LogP contribution in [0.15, 0.2) is 72.8 Å². The summed E-state index contributed by atoms with van der Waals surface area (Å²) in [5, 5.41) is 3.88. The Morgan fingerprint density at radius 3 is 1.70 bits per heavy atom. The van der Waals surface area contributed by atoms with Crippen molar-refractivity contribution in [2.24, 2.45) is 0 Å². The summed E-state index contributed by atoms with van der Waals surface area (Å²) >= 11 is 0. The van der Waals surface area contributed by atoms with Gasteiger partial charge in [-0.3, -0.25) is 0 Å². The maximum Gasteiger partial charge on any atom is 0.344 e. The van der Waals surface area contributed by atoms with Crippen LogP contribution in [0.25, 0.3) is 0 Å². The first-order valence-corrected chi connectivity index (χ1v) is 11.4. The summed E-state index contributed by atoms with van der Waals surface area (Å²) in [6, 6.07) is 25.6. The van der Waals surface area contributed by atoms with E-state index in [1.54, 1.807) is 0 Å². The molecule has 0 saturated heterocycles. The number of hydrogen-bond acceptors (Lipinski definition) is 3. The molecule has 0 aliphatic rings. The monoisotopic (exact) mass is 420 g/mol. The van der Waals surface area contributed by atoms with E-state index in [4.69, 9.17) is 9.47 Å². The van der Waals surface area contributed by atoms with Gasteiger partial charge in [0.1, 0.15) is 11.4 Å². The molecule has 0 atom stereocenters. The lowest BCUT2D eigenvalue weighted by Crippen LogP contribution is -2.27. The van der Waals surface area contributed by atoms with Gasteiger partial charge < -0.3 is 9.47 Å². The fourth-order valence-electron chi connectivity index (χ4n) is 3.39. The quantitative estimate of drug-likeness (QED) is 0.425. The van der Waals surface area contributed by atoms with Crippen molar-refractivity contribution in [3.05, 3.63) is 83.9 Å². The predicted octanol–water partition coefficient (Wildman–Crippen LogP) is 4.78. The first-order chi connectivity index (χ1) is 14.2. The molecular formula is C26H29O3P. The third-order valence-electron chi connectivity index (χ3n) is 4.49. The minimum atomic E-state index is -0.678. The van der Waals surface area contributed by atoms with Gasteiger partial charge in [0, 0.05) is 0 Å². The van der Waals surface area contributed by atoms with Crippen LogP contribution in [0.2, 0.25) is 0 Å². The smallest absolute Gasteiger partial charge is 0.344 e. The van der Waals surface area contributed by atoms with Crippen molar-refractivity contribution in [3.63, 3.8) is 0 Å². The second-order valence-corrected chi connectivity index (χ2v) is 10.5. The number of carbonyl (C=O) groups excluding carboxylic acids is 1. The Balaban J connectivity index is 1.91. The van der Waals surface area contributed by atoms with E-state index in [1.807, 2.05) is 46.8 Å². The van der Waals surface area contributed by atoms with Gasteiger partial charge in [-0.25, -0.2) is 4.79 Å². The van der Waals surface area contributed by atoms with Crippen molar-refractivity contribution < 1.29 is 14.3 Å². The lowest BCUT2D eigenvalue weighted by molar-refractivity contribution is -0.157. The Labute approximate surface area is 180 Å². The fourth-order valence-corrected chi connectivity index (χ4v) is 5.87. The molecule has 0 amide bonds. The van der Waals surface area contributed by atoms with Crippen molar-refractivity contribution in [1.82, 2.24) is 0 Å². The molecule has 0 saturated carbocycles. The van der Waals surface area contributed by atoms with E-state index < -0.39 is 13.5 Å². The molecule has 156 valence electrons. The van der Waals surface area contributed by atoms with Crippen LogP contribution in [-0.4, -0.2) is 18.2 Å². The number of ether oxygens (including phenoxy) is 2. The van der Waals surface area contributed by atoms with Crippen LogP contribution in [0.5, 0.6) is 5.75 Å². The van der Waals surface area contributed by atoms with E-state index in [1.165, 1.54) is 15.9 Å². The Morgan fingerprint density at radius 2 is 1.27 bits per heavy atom. The van der Waals surface area contributed by atoms with Gasteiger partial charge in [0.2, 0.25) is 0 Å². The number of esters is 1. The van der Waals surface area contributed by atoms with Gasteiger partial charge in [0.05, 0.1) is 0 Å². The second-order valence-electron chi connectivity index (χ2n) is 8.29. The zero-order valence-electron chi connectivity index (χ0n) is 18.3. The molecule has 0 heterocycles. The zero-order chi connectivity index (χ0) is 21.7. The third kappa shape index (κ3) is 5.70. The topological polar surface area (TPSA) is 35.5 Å². The van der Waals surface area contributed by atoms with Crippen LogP contribution >= 0.6 is 7.92 Å². The van der Waals surface area contributed by atoms with Crippen molar-refractivity contribution in [2.45, 2.75) is 40.2 Å². The van der Waals surface area contributed by atoms with Gasteiger partial charge in [-0.1, -0.05) is 60.7 Å². The molecule has 4 heteroatoms. The molecule has 3 rings (SSSR count). The predicted molar refractivity (Wildman–Crippen MR) is 126 cm³/mol. The standard InChI is InChI=1S/C26H29O3P/c1-19-16-23(17-20(2)25(19)28-18-24(27)29-26(3,4)5)30(21-12-8-6-9-13-21)22-14-10-7-11-15-22/h6-17H,18H2,1-5H3. The SMILES string of the molecule is Cc1cc(P(c2ccccc2)c2ccccc2)cc(C)c1OCC(=O)OC(C)(C)C. The molecule has 0 fully saturated rings. The molecule has 0 aliphatic carbocycles. The van der Waals surface area contributed by atoms with Crippen LogP contribution in [-0.2, 0) is 9.53 Å². The van der Waals surface area contributed by atoms with Crippen LogP contribution < -0.4 is 20.7 Å². The normalized spacial score (nSPS) is 11.4. The van der Waals surface area contributed by atoms with Crippen LogP contribution in [0.3, 0.4) is 0 Å². The summed E-state index contributed by atoms with van der Waals surface area (Å²) in [5.74, 6) is 0.391. The van der Waals surface area contributed by atoms with Gasteiger partial charge in [-0.05, 0) is 81.7 Å². The molecule has 0 bridgehead atoms. The Bertz CT molecular complexity index is 929. The Hall–Kier alpha value is -2.64. The summed E-state index contributed by atoms with van der Waals surface area (Å²) in [6.07, 6.45) is 0. The van der Waals surface area contributed by atoms with Crippen molar-refractivity contribution in [2.75, 3.05) is 6.61 Å². The lowest BCUT2D eigenvalue weighted by atomic mass is 10.1. The van der Waals surface area contributed by atoms with Crippen LogP contribution in [0.1, 0.15) is 31.9 Å². The minimum Gasteiger partial charge on any atom is -0.481 e. The Kier molecular flexibility index (Phi) is 6.95. The third-order valence-corrected chi connectivity index (χ3v) is 6.89. The molecular weight excluding hydrogens is 391 g/mol. The summed E-state index contributed by atoms with van der Waals surface area (Å²) in [4.78, 5) is 12.1. The van der Waals surface area contributed by atoms with Gasteiger partial charge in [0.15, 0.2) is 6.61 Å². The van der Waals surface area contributed by atoms with Gasteiger partial charge in [0.25, 0.3) is 0 Å². The van der Waals surface area contributed by atoms with Crippen molar-refractivity contribution >= 4 is 29.8 Å². The highest BCUT2D eigenvalue weighted by Gasteiger charge is 2.20. The molecule has 3 nitrogen and oxygen atoms in total. The number of carbonyl (C=O) groups is 1. The van der Waals surface area contributed by atoms with E-state index in [2.05, 4.69) is 60.7 Å². The molecule has 0 radical (unpaired) electrons. The molecule has 0 N–H and O–H groups in total. The van der Waals surface area contributed by atoms with Crippen LogP contribution in [0, 0.1) is 13.8 Å². The Morgan fingerprint density at radius 1 is 0.800 bits per heavy atom. The summed E-state index contributed by atoms with van der Waals surface area (Å²) in [6.45, 7) is 9.53. The van der Waals surface area contributed by atoms with E-state index in [0.29, 0.717) is 0 Å². The fraction of sp³-hybridized carbons (Fsp3) is 0.269. The molecule has 0 aromatic heterocycles. The van der Waals surface area contributed by atoms with E-state index >= 15 is 0 Å². The lowest BCUT2D eigenvalue weighted by Gasteiger charge is -2.22. The average molecular weight is 420 g/mol. The van der Waals surface area contributed by atoms with Crippen molar-refractivity contribution in [3.8, 4) is 5.75 Å². The summed E-state index contributed by atoms with van der Waals surface area (Å²) in [5.41, 5.74) is 1.52. The molecule has 0 aliphatic heterocycles. The van der Waals surface area contributed by atoms with E-state index in [-0.39, 0.29) is 12.6 Å². The maximum atomic E-state index is 12.1. The maximum absolute atomic E-state index is 12.1. The molecule has 0 unspecified atom stereocenters. The molecule has 0 spiro atoms. The zero-order valence-corrected chi connectivity index (χ0v) is 19.2. The number of hydrogen-bond donors (Lipinski definition) is 0. The highest BCUT2D eigenvalue weighted by atomic mass is 31.1. The summed E-state index contributed by atoms with van der Waals surface area (Å²) < 4.78 is 11.2. The summed E-state index contributed by atoms with van der Waals surface area (Å²) in [7, 11) is -0.678. The van der Waals surface area contributed by atoms with Crippen molar-refractivity contribution in [1.29, 1.82) is 0 Å². The molecule has 30 heavy (non-hydrogen) atoms. The van der Waals surface area contributed by atoms with Gasteiger partial charge >= 0.3 is 5.97 Å². The largest absolute Gasteiger partial charge is 0.481 e. The number of rotatable bonds is 6. The van der Waals surface area contributed by atoms with Gasteiger partial charge in [-0.15, -0.1) is 0 Å². The highest BCUT2D eigenvalue weighted by molar-refractivity contribution is 7.79. The minimum absolute atomic E-state index is 0.0928. The second kappa shape index (κ2) is 9.45. The first-order valence-electron chi connectivity index (χ1n) is 10.1. The van der Waals surface area contributed by atoms with Gasteiger partial charge in [-0.2, -0.15) is 0 Å². The average Bonchev–Trinajstić information content (AvgIpc) is 2.68. The molecule has 3 aromatic carbocycles. The number of benzene rings is 3. The molecule has 3 aromatic rings. The van der Waals surface area contributed by atoms with E-state index in [0.717, 1.165) is 16.9 Å². The van der Waals surface area contributed by atoms with E-state index in [9.17, 15) is 4.79 Å². The first kappa shape index (κ1) is 22.1. The highest BCUT2D eigenvalue weighted by Crippen LogP contribution is 2.35. The van der Waals surface area contributed by atoms with Crippen LogP contribution in [0.4, 0.5) is 0 Å².